The molecule has 3 heterocycles. The fraction of sp³-hybridized carbons (Fsp3) is 0.467. The lowest BCUT2D eigenvalue weighted by Crippen LogP contribution is -2.43. The van der Waals surface area contributed by atoms with E-state index in [1.807, 2.05) is 11.0 Å². The lowest BCUT2D eigenvalue weighted by Gasteiger charge is -2.32. The molecular weight excluding hydrogens is 296 g/mol. The van der Waals surface area contributed by atoms with Crippen molar-refractivity contribution in [1.29, 1.82) is 0 Å². The van der Waals surface area contributed by atoms with Gasteiger partial charge in [0.2, 0.25) is 0 Å². The van der Waals surface area contributed by atoms with Crippen molar-refractivity contribution in [1.82, 2.24) is 29.5 Å². The van der Waals surface area contributed by atoms with Gasteiger partial charge in [-0.15, -0.1) is 5.10 Å². The number of pyridine rings is 1. The minimum absolute atomic E-state index is 0.0240. The third-order valence-electron chi connectivity index (χ3n) is 4.04. The first-order chi connectivity index (χ1) is 11.1. The van der Waals surface area contributed by atoms with E-state index in [1.54, 1.807) is 37.3 Å². The molecule has 0 aliphatic carbocycles. The molecule has 1 fully saturated rings. The molecule has 8 nitrogen and oxygen atoms in total. The van der Waals surface area contributed by atoms with Crippen molar-refractivity contribution < 1.29 is 4.79 Å². The quantitative estimate of drug-likeness (QED) is 0.888. The summed E-state index contributed by atoms with van der Waals surface area (Å²) >= 11 is 0. The Bertz CT molecular complexity index is 728. The number of urea groups is 1. The van der Waals surface area contributed by atoms with Crippen LogP contribution in [0.25, 0.3) is 5.82 Å². The van der Waals surface area contributed by atoms with Crippen LogP contribution in [0.4, 0.5) is 4.79 Å². The monoisotopic (exact) mass is 316 g/mol. The topological polar surface area (TPSA) is 87.1 Å². The Morgan fingerprint density at radius 2 is 2.04 bits per heavy atom. The molecule has 2 aromatic rings. The van der Waals surface area contributed by atoms with Crippen molar-refractivity contribution in [3.63, 3.8) is 0 Å². The Labute approximate surface area is 133 Å². The van der Waals surface area contributed by atoms with Crippen molar-refractivity contribution >= 4 is 6.03 Å². The van der Waals surface area contributed by atoms with E-state index in [0.717, 1.165) is 12.8 Å². The van der Waals surface area contributed by atoms with Crippen molar-refractivity contribution in [2.45, 2.75) is 18.8 Å². The second-order valence-corrected chi connectivity index (χ2v) is 5.85. The van der Waals surface area contributed by atoms with Gasteiger partial charge in [-0.25, -0.2) is 14.6 Å². The number of nitrogens with one attached hydrogen (secondary N) is 1. The number of carbonyl (C=O) groups excluding carboxylic acids is 1. The molecule has 0 radical (unpaired) electrons. The zero-order valence-electron chi connectivity index (χ0n) is 13.3. The van der Waals surface area contributed by atoms with E-state index in [9.17, 15) is 9.59 Å². The number of carbonyl (C=O) groups is 1. The van der Waals surface area contributed by atoms with Gasteiger partial charge < -0.3 is 9.80 Å². The fourth-order valence-electron chi connectivity index (χ4n) is 2.79. The Balaban J connectivity index is 1.73. The van der Waals surface area contributed by atoms with Gasteiger partial charge >= 0.3 is 11.7 Å². The van der Waals surface area contributed by atoms with Crippen LogP contribution in [-0.4, -0.2) is 62.8 Å². The molecule has 1 saturated heterocycles. The van der Waals surface area contributed by atoms with Crippen LogP contribution in [0.1, 0.15) is 24.6 Å². The van der Waals surface area contributed by atoms with Crippen molar-refractivity contribution in [3.8, 4) is 5.82 Å². The van der Waals surface area contributed by atoms with Crippen LogP contribution in [0.15, 0.2) is 29.2 Å². The Hall–Kier alpha value is -2.64. The highest BCUT2D eigenvalue weighted by atomic mass is 16.2. The minimum Gasteiger partial charge on any atom is -0.331 e. The predicted molar refractivity (Wildman–Crippen MR) is 84.6 cm³/mol. The van der Waals surface area contributed by atoms with Crippen molar-refractivity contribution in [2.75, 3.05) is 27.2 Å². The van der Waals surface area contributed by atoms with Crippen LogP contribution >= 0.6 is 0 Å². The molecule has 0 atom stereocenters. The average Bonchev–Trinajstić information content (AvgIpc) is 2.97. The Morgan fingerprint density at radius 1 is 1.30 bits per heavy atom. The summed E-state index contributed by atoms with van der Waals surface area (Å²) in [5.74, 6) is 1.32. The molecule has 0 unspecified atom stereocenters. The van der Waals surface area contributed by atoms with E-state index in [2.05, 4.69) is 15.1 Å². The molecule has 2 amide bonds. The van der Waals surface area contributed by atoms with E-state index in [4.69, 9.17) is 0 Å². The molecule has 2 aromatic heterocycles. The molecule has 8 heteroatoms. The summed E-state index contributed by atoms with van der Waals surface area (Å²) < 4.78 is 1.28. The number of hydrogen-bond donors (Lipinski definition) is 1. The van der Waals surface area contributed by atoms with Crippen LogP contribution in [0, 0.1) is 0 Å². The molecule has 0 saturated carbocycles. The summed E-state index contributed by atoms with van der Waals surface area (Å²) in [5.41, 5.74) is -0.287. The van der Waals surface area contributed by atoms with Gasteiger partial charge in [0.1, 0.15) is 5.82 Å². The molecule has 1 aliphatic heterocycles. The van der Waals surface area contributed by atoms with Gasteiger partial charge in [0.05, 0.1) is 0 Å². The van der Waals surface area contributed by atoms with Crippen LogP contribution in [-0.2, 0) is 0 Å². The van der Waals surface area contributed by atoms with Crippen LogP contribution in [0.2, 0.25) is 0 Å². The maximum Gasteiger partial charge on any atom is 0.349 e. The van der Waals surface area contributed by atoms with Crippen molar-refractivity contribution in [2.24, 2.45) is 0 Å². The Kier molecular flexibility index (Phi) is 4.14. The standard InChI is InChI=1S/C15H20N6O2/c1-19(2)15(23)20-9-6-11(7-10-20)13-17-14(22)21(18-13)12-5-3-4-8-16-12/h3-5,8,11H,6-7,9-10H2,1-2H3,(H,17,18,22). The number of likely N-dealkylation sites (tertiary alicyclic amines) is 1. The first kappa shape index (κ1) is 15.3. The molecular formula is C15H20N6O2. The van der Waals surface area contributed by atoms with Crippen molar-refractivity contribution in [3.05, 3.63) is 40.7 Å². The third kappa shape index (κ3) is 3.10. The lowest BCUT2D eigenvalue weighted by atomic mass is 9.96. The molecule has 122 valence electrons. The SMILES string of the molecule is CN(C)C(=O)N1CCC(c2nn(-c3ccccn3)c(=O)[nH]2)CC1. The second-order valence-electron chi connectivity index (χ2n) is 5.85. The second kappa shape index (κ2) is 6.23. The molecule has 23 heavy (non-hydrogen) atoms. The maximum absolute atomic E-state index is 12.1. The molecule has 3 rings (SSSR count). The summed E-state index contributed by atoms with van der Waals surface area (Å²) in [5, 5.41) is 4.38. The highest BCUT2D eigenvalue weighted by Gasteiger charge is 2.27. The lowest BCUT2D eigenvalue weighted by molar-refractivity contribution is 0.155. The number of amides is 2. The number of aromatic amines is 1. The van der Waals surface area contributed by atoms with Gasteiger partial charge in [0, 0.05) is 39.3 Å². The maximum atomic E-state index is 12.1. The zero-order valence-corrected chi connectivity index (χ0v) is 13.3. The zero-order chi connectivity index (χ0) is 16.4. The summed E-state index contributed by atoms with van der Waals surface area (Å²) in [4.78, 5) is 34.4. The molecule has 1 N–H and O–H groups in total. The molecule has 1 aliphatic rings. The smallest absolute Gasteiger partial charge is 0.331 e. The fourth-order valence-corrected chi connectivity index (χ4v) is 2.79. The largest absolute Gasteiger partial charge is 0.349 e. The van der Waals surface area contributed by atoms with E-state index in [0.29, 0.717) is 24.7 Å². The number of nitrogens with zero attached hydrogens (tertiary/aromatic N) is 5. The summed E-state index contributed by atoms with van der Waals surface area (Å²) in [6.45, 7) is 1.33. The minimum atomic E-state index is -0.287. The van der Waals surface area contributed by atoms with E-state index in [1.165, 1.54) is 4.68 Å². The predicted octanol–water partition coefficient (Wildman–Crippen LogP) is 0.817. The van der Waals surface area contributed by atoms with Gasteiger partial charge in [-0.05, 0) is 25.0 Å². The van der Waals surface area contributed by atoms with Crippen LogP contribution in [0.5, 0.6) is 0 Å². The third-order valence-corrected chi connectivity index (χ3v) is 4.04. The van der Waals surface area contributed by atoms with Gasteiger partial charge in [-0.2, -0.15) is 4.68 Å². The average molecular weight is 316 g/mol. The molecule has 0 bridgehead atoms. The summed E-state index contributed by atoms with van der Waals surface area (Å²) in [6.07, 6.45) is 3.20. The number of aromatic nitrogens is 4. The summed E-state index contributed by atoms with van der Waals surface area (Å²) in [6, 6.07) is 5.37. The highest BCUT2D eigenvalue weighted by Crippen LogP contribution is 2.25. The van der Waals surface area contributed by atoms with Gasteiger partial charge in [-0.1, -0.05) is 6.07 Å². The van der Waals surface area contributed by atoms with Gasteiger partial charge in [-0.3, -0.25) is 4.98 Å². The molecule has 0 aromatic carbocycles. The Morgan fingerprint density at radius 3 is 2.65 bits per heavy atom. The highest BCUT2D eigenvalue weighted by molar-refractivity contribution is 5.73. The molecule has 0 spiro atoms. The number of H-pyrrole nitrogens is 1. The first-order valence-corrected chi connectivity index (χ1v) is 7.63. The number of hydrogen-bond acceptors (Lipinski definition) is 4. The number of rotatable bonds is 2. The van der Waals surface area contributed by atoms with E-state index < -0.39 is 0 Å². The summed E-state index contributed by atoms with van der Waals surface area (Å²) in [7, 11) is 3.50. The normalized spacial score (nSPS) is 15.7. The van der Waals surface area contributed by atoms with E-state index in [-0.39, 0.29) is 17.6 Å². The number of piperidine rings is 1. The van der Waals surface area contributed by atoms with E-state index >= 15 is 0 Å². The van der Waals surface area contributed by atoms with Gasteiger partial charge in [0.25, 0.3) is 0 Å². The van der Waals surface area contributed by atoms with Crippen LogP contribution < -0.4 is 5.69 Å². The van der Waals surface area contributed by atoms with Crippen LogP contribution in [0.3, 0.4) is 0 Å². The van der Waals surface area contributed by atoms with Gasteiger partial charge in [0.15, 0.2) is 5.82 Å². The first-order valence-electron chi connectivity index (χ1n) is 7.63.